The number of hydrogen-bond donors (Lipinski definition) is 1. The van der Waals surface area contributed by atoms with Crippen LogP contribution in [0, 0.1) is 0 Å². The van der Waals surface area contributed by atoms with Crippen LogP contribution in [0.15, 0.2) is 47.8 Å². The van der Waals surface area contributed by atoms with Crippen molar-refractivity contribution in [2.45, 2.75) is 38.0 Å². The summed E-state index contributed by atoms with van der Waals surface area (Å²) in [6.07, 6.45) is 2.99. The smallest absolute Gasteiger partial charge is 0.0896 e. The Bertz CT molecular complexity index is 511. The molecule has 0 bridgehead atoms. The van der Waals surface area contributed by atoms with Crippen molar-refractivity contribution in [2.24, 2.45) is 0 Å². The second kappa shape index (κ2) is 6.53. The van der Waals surface area contributed by atoms with Crippen molar-refractivity contribution in [1.29, 1.82) is 0 Å². The Morgan fingerprint density at radius 1 is 1.20 bits per heavy atom. The summed E-state index contributed by atoms with van der Waals surface area (Å²) < 4.78 is 0. The monoisotopic (exact) mass is 287 g/mol. The normalized spacial score (nSPS) is 21.1. The highest BCUT2D eigenvalue weighted by Gasteiger charge is 2.27. The molecular weight excluding hydrogens is 266 g/mol. The number of thiophene rings is 1. The van der Waals surface area contributed by atoms with Crippen LogP contribution in [0.4, 0.5) is 0 Å². The first-order valence-electron chi connectivity index (χ1n) is 7.32. The Labute approximate surface area is 124 Å². The molecule has 2 atom stereocenters. The summed E-state index contributed by atoms with van der Waals surface area (Å²) in [6.45, 7) is 2.15. The molecule has 0 radical (unpaired) electrons. The van der Waals surface area contributed by atoms with E-state index in [1.54, 1.807) is 11.3 Å². The van der Waals surface area contributed by atoms with Crippen molar-refractivity contribution >= 4 is 11.3 Å². The number of benzene rings is 1. The zero-order valence-corrected chi connectivity index (χ0v) is 12.4. The number of aliphatic hydroxyl groups is 1. The molecule has 1 aromatic carbocycles. The van der Waals surface area contributed by atoms with Gasteiger partial charge in [0.05, 0.1) is 6.10 Å². The Hall–Kier alpha value is -1.16. The maximum Gasteiger partial charge on any atom is 0.0896 e. The van der Waals surface area contributed by atoms with Crippen LogP contribution in [0.1, 0.15) is 35.8 Å². The fraction of sp³-hybridized carbons (Fsp3) is 0.412. The zero-order chi connectivity index (χ0) is 13.8. The molecule has 1 aliphatic heterocycles. The fourth-order valence-electron chi connectivity index (χ4n) is 3.04. The molecule has 1 N–H and O–H groups in total. The van der Waals surface area contributed by atoms with Crippen LogP contribution >= 0.6 is 11.3 Å². The SMILES string of the molecule is OC(CC1CCCN1Cc1ccccc1)c1cccs1. The molecule has 1 saturated heterocycles. The van der Waals surface area contributed by atoms with E-state index in [2.05, 4.69) is 35.2 Å². The minimum atomic E-state index is -0.309. The first kappa shape index (κ1) is 13.8. The van der Waals surface area contributed by atoms with Crippen molar-refractivity contribution in [3.63, 3.8) is 0 Å². The summed E-state index contributed by atoms with van der Waals surface area (Å²) in [5.74, 6) is 0. The number of hydrogen-bond acceptors (Lipinski definition) is 3. The number of likely N-dealkylation sites (tertiary alicyclic amines) is 1. The van der Waals surface area contributed by atoms with Gasteiger partial charge in [0.1, 0.15) is 0 Å². The van der Waals surface area contributed by atoms with E-state index in [1.807, 2.05) is 17.5 Å². The van der Waals surface area contributed by atoms with Gasteiger partial charge in [0.25, 0.3) is 0 Å². The lowest BCUT2D eigenvalue weighted by Gasteiger charge is -2.26. The first-order valence-corrected chi connectivity index (χ1v) is 8.20. The Kier molecular flexibility index (Phi) is 4.51. The predicted octanol–water partition coefficient (Wildman–Crippen LogP) is 3.84. The maximum absolute atomic E-state index is 10.3. The van der Waals surface area contributed by atoms with Gasteiger partial charge in [0.15, 0.2) is 0 Å². The molecule has 3 heteroatoms. The maximum atomic E-state index is 10.3. The van der Waals surface area contributed by atoms with Gasteiger partial charge in [0.2, 0.25) is 0 Å². The van der Waals surface area contributed by atoms with Gasteiger partial charge in [-0.2, -0.15) is 0 Å². The highest BCUT2D eigenvalue weighted by atomic mass is 32.1. The molecule has 2 nitrogen and oxygen atoms in total. The summed E-state index contributed by atoms with van der Waals surface area (Å²) in [4.78, 5) is 3.61. The minimum absolute atomic E-state index is 0.309. The largest absolute Gasteiger partial charge is 0.388 e. The summed E-state index contributed by atoms with van der Waals surface area (Å²) in [7, 11) is 0. The first-order chi connectivity index (χ1) is 9.83. The van der Waals surface area contributed by atoms with E-state index in [-0.39, 0.29) is 6.10 Å². The van der Waals surface area contributed by atoms with E-state index in [1.165, 1.54) is 18.4 Å². The minimum Gasteiger partial charge on any atom is -0.388 e. The molecule has 20 heavy (non-hydrogen) atoms. The van der Waals surface area contributed by atoms with E-state index in [4.69, 9.17) is 0 Å². The molecule has 0 amide bonds. The zero-order valence-electron chi connectivity index (χ0n) is 11.6. The summed E-state index contributed by atoms with van der Waals surface area (Å²) in [5, 5.41) is 12.4. The fourth-order valence-corrected chi connectivity index (χ4v) is 3.77. The van der Waals surface area contributed by atoms with Crippen molar-refractivity contribution in [3.8, 4) is 0 Å². The van der Waals surface area contributed by atoms with Crippen LogP contribution in [0.3, 0.4) is 0 Å². The Balaban J connectivity index is 1.61. The van der Waals surface area contributed by atoms with E-state index < -0.39 is 0 Å². The molecule has 1 fully saturated rings. The van der Waals surface area contributed by atoms with Crippen molar-refractivity contribution in [1.82, 2.24) is 4.90 Å². The summed E-state index contributed by atoms with van der Waals surface area (Å²) in [5.41, 5.74) is 1.37. The predicted molar refractivity (Wildman–Crippen MR) is 83.8 cm³/mol. The molecule has 2 unspecified atom stereocenters. The second-order valence-corrected chi connectivity index (χ2v) is 6.50. The van der Waals surface area contributed by atoms with Gasteiger partial charge in [-0.05, 0) is 42.8 Å². The molecule has 0 aliphatic carbocycles. The quantitative estimate of drug-likeness (QED) is 0.903. The molecule has 1 aromatic heterocycles. The van der Waals surface area contributed by atoms with Gasteiger partial charge >= 0.3 is 0 Å². The van der Waals surface area contributed by atoms with E-state index in [0.29, 0.717) is 6.04 Å². The van der Waals surface area contributed by atoms with Crippen LogP contribution in [0.25, 0.3) is 0 Å². The third kappa shape index (κ3) is 3.29. The molecule has 106 valence electrons. The van der Waals surface area contributed by atoms with Gasteiger partial charge in [-0.25, -0.2) is 0 Å². The third-order valence-electron chi connectivity index (χ3n) is 4.09. The standard InChI is InChI=1S/C17H21NOS/c19-16(17-9-5-11-20-17)12-15-8-4-10-18(15)13-14-6-2-1-3-7-14/h1-3,5-7,9,11,15-16,19H,4,8,10,12-13H2. The van der Waals surface area contributed by atoms with E-state index >= 15 is 0 Å². The highest BCUT2D eigenvalue weighted by Crippen LogP contribution is 2.30. The molecule has 3 rings (SSSR count). The lowest BCUT2D eigenvalue weighted by molar-refractivity contribution is 0.120. The number of rotatable bonds is 5. The van der Waals surface area contributed by atoms with Gasteiger partial charge in [0, 0.05) is 17.5 Å². The van der Waals surface area contributed by atoms with E-state index in [9.17, 15) is 5.11 Å². The lowest BCUT2D eigenvalue weighted by atomic mass is 10.1. The van der Waals surface area contributed by atoms with E-state index in [0.717, 1.165) is 24.4 Å². The average Bonchev–Trinajstić information content (AvgIpc) is 3.12. The topological polar surface area (TPSA) is 23.5 Å². The molecule has 2 aromatic rings. The molecule has 2 heterocycles. The highest BCUT2D eigenvalue weighted by molar-refractivity contribution is 7.10. The second-order valence-electron chi connectivity index (χ2n) is 5.52. The molecule has 0 saturated carbocycles. The Morgan fingerprint density at radius 3 is 2.80 bits per heavy atom. The molecule has 0 spiro atoms. The lowest BCUT2D eigenvalue weighted by Crippen LogP contribution is -2.30. The summed E-state index contributed by atoms with van der Waals surface area (Å²) >= 11 is 1.65. The number of nitrogens with zero attached hydrogens (tertiary/aromatic N) is 1. The van der Waals surface area contributed by atoms with Gasteiger partial charge in [-0.15, -0.1) is 11.3 Å². The third-order valence-corrected chi connectivity index (χ3v) is 5.07. The summed E-state index contributed by atoms with van der Waals surface area (Å²) in [6, 6.07) is 15.2. The van der Waals surface area contributed by atoms with Crippen molar-refractivity contribution in [2.75, 3.05) is 6.54 Å². The molecule has 1 aliphatic rings. The van der Waals surface area contributed by atoms with Gasteiger partial charge in [-0.1, -0.05) is 36.4 Å². The molecular formula is C17H21NOS. The van der Waals surface area contributed by atoms with Crippen LogP contribution in [-0.2, 0) is 6.54 Å². The van der Waals surface area contributed by atoms with Crippen LogP contribution in [-0.4, -0.2) is 22.6 Å². The van der Waals surface area contributed by atoms with Crippen LogP contribution < -0.4 is 0 Å². The van der Waals surface area contributed by atoms with Crippen molar-refractivity contribution in [3.05, 3.63) is 58.3 Å². The average molecular weight is 287 g/mol. The van der Waals surface area contributed by atoms with Crippen molar-refractivity contribution < 1.29 is 5.11 Å². The Morgan fingerprint density at radius 2 is 2.05 bits per heavy atom. The van der Waals surface area contributed by atoms with Crippen LogP contribution in [0.5, 0.6) is 0 Å². The van der Waals surface area contributed by atoms with Crippen LogP contribution in [0.2, 0.25) is 0 Å². The van der Waals surface area contributed by atoms with Gasteiger partial charge in [-0.3, -0.25) is 4.90 Å². The number of aliphatic hydroxyl groups excluding tert-OH is 1. The van der Waals surface area contributed by atoms with Gasteiger partial charge < -0.3 is 5.11 Å².